The largest absolute Gasteiger partial charge is 0.411 e. The lowest BCUT2D eigenvalue weighted by Crippen LogP contribution is -2.36. The summed E-state index contributed by atoms with van der Waals surface area (Å²) >= 11 is 0. The molecule has 1 aromatic heterocycles. The number of hydrogen-bond donors (Lipinski definition) is 2. The van der Waals surface area contributed by atoms with Gasteiger partial charge < -0.3 is 19.9 Å². The lowest BCUT2D eigenvalue weighted by atomic mass is 10.1. The number of rotatable bonds is 7. The molecule has 1 aromatic carbocycles. The molecular formula is C16H21F3IN5O2. The van der Waals surface area contributed by atoms with Gasteiger partial charge in [-0.25, -0.2) is 0 Å². The first-order valence-electron chi connectivity index (χ1n) is 7.82. The van der Waals surface area contributed by atoms with Crippen molar-refractivity contribution in [2.24, 2.45) is 4.99 Å². The zero-order valence-corrected chi connectivity index (χ0v) is 17.2. The molecule has 2 N–H and O–H groups in total. The van der Waals surface area contributed by atoms with Gasteiger partial charge in [0.25, 0.3) is 0 Å². The molecular weight excluding hydrogens is 478 g/mol. The Morgan fingerprint density at radius 1 is 1.15 bits per heavy atom. The normalized spacial score (nSPS) is 11.8. The number of aromatic nitrogens is 2. The predicted molar refractivity (Wildman–Crippen MR) is 104 cm³/mol. The molecule has 0 saturated heterocycles. The Hall–Kier alpha value is -1.89. The van der Waals surface area contributed by atoms with Crippen LogP contribution in [-0.4, -0.2) is 35.9 Å². The number of aryl methyl sites for hydroxylation is 1. The van der Waals surface area contributed by atoms with Crippen LogP contribution in [0, 0.1) is 6.92 Å². The van der Waals surface area contributed by atoms with Crippen LogP contribution in [0.5, 0.6) is 0 Å². The number of ether oxygens (including phenoxy) is 1. The molecule has 0 aliphatic rings. The Morgan fingerprint density at radius 3 is 2.33 bits per heavy atom. The summed E-state index contributed by atoms with van der Waals surface area (Å²) in [6.45, 7) is 1.24. The van der Waals surface area contributed by atoms with Crippen molar-refractivity contribution in [2.45, 2.75) is 32.8 Å². The molecule has 0 atom stereocenters. The van der Waals surface area contributed by atoms with Crippen molar-refractivity contribution in [1.29, 1.82) is 0 Å². The molecule has 1 heterocycles. The van der Waals surface area contributed by atoms with Crippen molar-refractivity contribution in [3.05, 3.63) is 47.1 Å². The minimum absolute atomic E-state index is 0. The lowest BCUT2D eigenvalue weighted by molar-refractivity contribution is -0.176. The quantitative estimate of drug-likeness (QED) is 0.347. The summed E-state index contributed by atoms with van der Waals surface area (Å²) in [5.74, 6) is 1.57. The van der Waals surface area contributed by atoms with E-state index in [9.17, 15) is 13.2 Å². The highest BCUT2D eigenvalue weighted by Crippen LogP contribution is 2.15. The number of nitrogens with zero attached hydrogens (tertiary/aromatic N) is 3. The van der Waals surface area contributed by atoms with Crippen LogP contribution in [0.1, 0.15) is 22.8 Å². The molecule has 0 unspecified atom stereocenters. The lowest BCUT2D eigenvalue weighted by Gasteiger charge is -2.11. The molecule has 2 aromatic rings. The Morgan fingerprint density at radius 2 is 1.78 bits per heavy atom. The summed E-state index contributed by atoms with van der Waals surface area (Å²) in [6.07, 6.45) is -4.31. The van der Waals surface area contributed by atoms with Crippen molar-refractivity contribution < 1.29 is 22.4 Å². The molecule has 0 fully saturated rings. The van der Waals surface area contributed by atoms with Crippen molar-refractivity contribution in [2.75, 3.05) is 13.7 Å². The van der Waals surface area contributed by atoms with Gasteiger partial charge in [0.15, 0.2) is 11.8 Å². The van der Waals surface area contributed by atoms with Crippen LogP contribution in [0.25, 0.3) is 0 Å². The third-order valence-electron chi connectivity index (χ3n) is 3.22. The zero-order chi connectivity index (χ0) is 19.0. The van der Waals surface area contributed by atoms with Crippen LogP contribution in [-0.2, 0) is 24.4 Å². The van der Waals surface area contributed by atoms with E-state index in [0.29, 0.717) is 36.3 Å². The summed E-state index contributed by atoms with van der Waals surface area (Å²) in [6, 6.07) is 7.08. The van der Waals surface area contributed by atoms with E-state index < -0.39 is 12.8 Å². The van der Waals surface area contributed by atoms with Gasteiger partial charge in [-0.15, -0.1) is 24.0 Å². The first kappa shape index (κ1) is 23.1. The second-order valence-electron chi connectivity index (χ2n) is 5.43. The number of halogens is 4. The summed E-state index contributed by atoms with van der Waals surface area (Å²) in [5.41, 5.74) is 1.62. The van der Waals surface area contributed by atoms with Gasteiger partial charge in [0.1, 0.15) is 6.61 Å². The van der Waals surface area contributed by atoms with E-state index in [-0.39, 0.29) is 30.6 Å². The molecule has 0 bridgehead atoms. The fourth-order valence-electron chi connectivity index (χ4n) is 2.02. The van der Waals surface area contributed by atoms with Gasteiger partial charge in [-0.1, -0.05) is 29.4 Å². The van der Waals surface area contributed by atoms with Crippen molar-refractivity contribution in [3.8, 4) is 0 Å². The van der Waals surface area contributed by atoms with Crippen molar-refractivity contribution in [3.63, 3.8) is 0 Å². The molecule has 11 heteroatoms. The first-order chi connectivity index (χ1) is 12.4. The van der Waals surface area contributed by atoms with Gasteiger partial charge in [-0.2, -0.15) is 18.2 Å². The van der Waals surface area contributed by atoms with Crippen molar-refractivity contribution >= 4 is 29.9 Å². The van der Waals surface area contributed by atoms with E-state index >= 15 is 0 Å². The zero-order valence-electron chi connectivity index (χ0n) is 14.8. The molecule has 27 heavy (non-hydrogen) atoms. The van der Waals surface area contributed by atoms with E-state index in [1.807, 2.05) is 12.1 Å². The number of alkyl halides is 3. The summed E-state index contributed by atoms with van der Waals surface area (Å²) in [5, 5.41) is 9.94. The smallest absolute Gasteiger partial charge is 0.367 e. The average molecular weight is 499 g/mol. The Labute approximate surface area is 171 Å². The number of hydrogen-bond acceptors (Lipinski definition) is 5. The summed E-state index contributed by atoms with van der Waals surface area (Å²) in [4.78, 5) is 8.17. The SMILES string of the molecule is CN=C(NCc1ccc(COCC(F)(F)F)cc1)NCc1noc(C)n1.I. The number of guanidine groups is 1. The van der Waals surface area contributed by atoms with Gasteiger partial charge in [0.05, 0.1) is 13.2 Å². The Bertz CT molecular complexity index is 720. The molecule has 0 aliphatic heterocycles. The van der Waals surface area contributed by atoms with E-state index in [1.54, 1.807) is 26.1 Å². The summed E-state index contributed by atoms with van der Waals surface area (Å²) < 4.78 is 45.6. The molecule has 150 valence electrons. The average Bonchev–Trinajstić information content (AvgIpc) is 3.00. The number of benzene rings is 1. The molecule has 0 saturated carbocycles. The number of aliphatic imine (C=N–C) groups is 1. The minimum atomic E-state index is -4.31. The third-order valence-corrected chi connectivity index (χ3v) is 3.22. The molecule has 0 aliphatic carbocycles. The second kappa shape index (κ2) is 11.1. The van der Waals surface area contributed by atoms with E-state index in [0.717, 1.165) is 5.56 Å². The van der Waals surface area contributed by atoms with Gasteiger partial charge >= 0.3 is 6.18 Å². The molecule has 7 nitrogen and oxygen atoms in total. The molecule has 0 amide bonds. The van der Waals surface area contributed by atoms with Crippen LogP contribution in [0.2, 0.25) is 0 Å². The highest BCUT2D eigenvalue weighted by molar-refractivity contribution is 14.0. The maximum Gasteiger partial charge on any atom is 0.411 e. The van der Waals surface area contributed by atoms with Crippen molar-refractivity contribution in [1.82, 2.24) is 20.8 Å². The molecule has 0 radical (unpaired) electrons. The maximum absolute atomic E-state index is 12.0. The van der Waals surface area contributed by atoms with E-state index in [1.165, 1.54) is 0 Å². The number of nitrogens with one attached hydrogen (secondary N) is 2. The monoisotopic (exact) mass is 499 g/mol. The molecule has 2 rings (SSSR count). The van der Waals surface area contributed by atoms with Gasteiger partial charge in [0.2, 0.25) is 5.89 Å². The van der Waals surface area contributed by atoms with Crippen LogP contribution in [0.3, 0.4) is 0 Å². The highest BCUT2D eigenvalue weighted by atomic mass is 127. The Balaban J connectivity index is 0.00000364. The standard InChI is InChI=1S/C16H20F3N5O2.HI/c1-11-23-14(24-26-11)8-22-15(20-2)21-7-12-3-5-13(6-4-12)9-25-10-16(17,18)19;/h3-6H,7-10H2,1-2H3,(H2,20,21,22);1H. The van der Waals surface area contributed by atoms with Gasteiger partial charge in [-0.05, 0) is 11.1 Å². The first-order valence-corrected chi connectivity index (χ1v) is 7.82. The van der Waals surface area contributed by atoms with Crippen LogP contribution < -0.4 is 10.6 Å². The maximum atomic E-state index is 12.0. The predicted octanol–water partition coefficient (Wildman–Crippen LogP) is 2.94. The van der Waals surface area contributed by atoms with Crippen LogP contribution in [0.4, 0.5) is 13.2 Å². The van der Waals surface area contributed by atoms with E-state index in [2.05, 4.69) is 30.5 Å². The fraction of sp³-hybridized carbons (Fsp3) is 0.438. The van der Waals surface area contributed by atoms with Gasteiger partial charge in [0, 0.05) is 20.5 Å². The Kier molecular flexibility index (Phi) is 9.49. The molecule has 0 spiro atoms. The topological polar surface area (TPSA) is 84.6 Å². The van der Waals surface area contributed by atoms with E-state index in [4.69, 9.17) is 4.52 Å². The minimum Gasteiger partial charge on any atom is -0.367 e. The highest BCUT2D eigenvalue weighted by Gasteiger charge is 2.27. The fourth-order valence-corrected chi connectivity index (χ4v) is 2.02. The van der Waals surface area contributed by atoms with Gasteiger partial charge in [-0.3, -0.25) is 4.99 Å². The van der Waals surface area contributed by atoms with Crippen LogP contribution in [0.15, 0.2) is 33.8 Å². The third kappa shape index (κ3) is 9.04. The second-order valence-corrected chi connectivity index (χ2v) is 5.43. The summed E-state index contributed by atoms with van der Waals surface area (Å²) in [7, 11) is 1.64. The van der Waals surface area contributed by atoms with Crippen LogP contribution >= 0.6 is 24.0 Å².